The first-order valence-electron chi connectivity index (χ1n) is 5.84. The molecule has 4 nitrogen and oxygen atoms in total. The van der Waals surface area contributed by atoms with Gasteiger partial charge in [0.2, 0.25) is 0 Å². The maximum atomic E-state index is 9.98. The lowest BCUT2D eigenvalue weighted by Gasteiger charge is -2.37. The summed E-state index contributed by atoms with van der Waals surface area (Å²) in [6.07, 6.45) is 0. The number of ether oxygens (including phenoxy) is 1. The van der Waals surface area contributed by atoms with Crippen molar-refractivity contribution in [3.8, 4) is 5.75 Å². The standard InChI is InChI=1S/C13H21BNO3/c1-12(2,16)13(3,4)18-14-9-6-10(15)8-11(7-9)17-5/h6-8,16H,15H2,1-5H3. The van der Waals surface area contributed by atoms with Gasteiger partial charge in [0, 0.05) is 11.8 Å². The smallest absolute Gasteiger partial charge is 0.331 e. The van der Waals surface area contributed by atoms with Gasteiger partial charge in [-0.3, -0.25) is 0 Å². The van der Waals surface area contributed by atoms with Crippen LogP contribution < -0.4 is 15.9 Å². The molecule has 0 aliphatic rings. The van der Waals surface area contributed by atoms with E-state index in [1.54, 1.807) is 40.6 Å². The van der Waals surface area contributed by atoms with Gasteiger partial charge in [0.1, 0.15) is 5.75 Å². The Kier molecular flexibility index (Phi) is 4.30. The second-order valence-corrected chi connectivity index (χ2v) is 5.34. The summed E-state index contributed by atoms with van der Waals surface area (Å²) < 4.78 is 10.8. The first-order valence-corrected chi connectivity index (χ1v) is 5.84. The highest BCUT2D eigenvalue weighted by Crippen LogP contribution is 2.24. The summed E-state index contributed by atoms with van der Waals surface area (Å²) in [7, 11) is 3.16. The predicted octanol–water partition coefficient (Wildman–Crippen LogP) is 1.09. The Hall–Kier alpha value is -1.20. The number of aliphatic hydroxyl groups is 1. The van der Waals surface area contributed by atoms with Crippen LogP contribution in [0.3, 0.4) is 0 Å². The van der Waals surface area contributed by atoms with E-state index in [4.69, 9.17) is 15.1 Å². The molecule has 0 spiro atoms. The molecule has 0 fully saturated rings. The Morgan fingerprint density at radius 1 is 1.17 bits per heavy atom. The van der Waals surface area contributed by atoms with Crippen LogP contribution in [0.15, 0.2) is 18.2 Å². The molecule has 1 aromatic rings. The van der Waals surface area contributed by atoms with Crippen LogP contribution in [0.1, 0.15) is 27.7 Å². The van der Waals surface area contributed by atoms with E-state index in [-0.39, 0.29) is 0 Å². The van der Waals surface area contributed by atoms with E-state index >= 15 is 0 Å². The Labute approximate surface area is 109 Å². The molecule has 99 valence electrons. The van der Waals surface area contributed by atoms with Gasteiger partial charge in [-0.2, -0.15) is 0 Å². The third kappa shape index (κ3) is 3.65. The van der Waals surface area contributed by atoms with Crippen LogP contribution in [-0.2, 0) is 4.65 Å². The van der Waals surface area contributed by atoms with E-state index in [1.165, 1.54) is 0 Å². The average Bonchev–Trinajstić information content (AvgIpc) is 2.24. The van der Waals surface area contributed by atoms with Crippen molar-refractivity contribution in [2.75, 3.05) is 12.8 Å². The van der Waals surface area contributed by atoms with E-state index in [9.17, 15) is 5.11 Å². The van der Waals surface area contributed by atoms with Crippen molar-refractivity contribution < 1.29 is 14.5 Å². The van der Waals surface area contributed by atoms with Crippen molar-refractivity contribution in [2.24, 2.45) is 0 Å². The fourth-order valence-corrected chi connectivity index (χ4v) is 1.19. The molecule has 0 heterocycles. The summed E-state index contributed by atoms with van der Waals surface area (Å²) in [4.78, 5) is 0. The number of rotatable bonds is 5. The molecule has 3 N–H and O–H groups in total. The number of nitrogens with two attached hydrogens (primary N) is 1. The van der Waals surface area contributed by atoms with Gasteiger partial charge in [0.15, 0.2) is 0 Å². The van der Waals surface area contributed by atoms with Gasteiger partial charge in [0.25, 0.3) is 0 Å². The summed E-state index contributed by atoms with van der Waals surface area (Å²) >= 11 is 0. The highest BCUT2D eigenvalue weighted by molar-refractivity contribution is 6.47. The molecule has 0 atom stereocenters. The fourth-order valence-electron chi connectivity index (χ4n) is 1.19. The zero-order valence-electron chi connectivity index (χ0n) is 11.7. The van der Waals surface area contributed by atoms with Gasteiger partial charge in [-0.1, -0.05) is 0 Å². The number of anilines is 1. The number of hydrogen-bond acceptors (Lipinski definition) is 4. The normalized spacial score (nSPS) is 12.3. The topological polar surface area (TPSA) is 64.7 Å². The summed E-state index contributed by atoms with van der Waals surface area (Å²) in [5, 5.41) is 9.98. The number of methoxy groups -OCH3 is 1. The lowest BCUT2D eigenvalue weighted by molar-refractivity contribution is -0.0893. The Balaban J connectivity index is 2.78. The molecule has 0 amide bonds. The fraction of sp³-hybridized carbons (Fsp3) is 0.538. The maximum absolute atomic E-state index is 9.98. The lowest BCUT2D eigenvalue weighted by Crippen LogP contribution is -2.49. The van der Waals surface area contributed by atoms with Gasteiger partial charge in [-0.05, 0) is 45.3 Å². The molecule has 0 aliphatic carbocycles. The monoisotopic (exact) mass is 250 g/mol. The number of hydrogen-bond donors (Lipinski definition) is 2. The maximum Gasteiger partial charge on any atom is 0.331 e. The zero-order chi connectivity index (χ0) is 14.0. The van der Waals surface area contributed by atoms with Crippen LogP contribution in [-0.4, -0.2) is 30.9 Å². The molecule has 0 aliphatic heterocycles. The molecular formula is C13H21BNO3. The molecule has 18 heavy (non-hydrogen) atoms. The molecule has 0 aromatic heterocycles. The van der Waals surface area contributed by atoms with Crippen molar-refractivity contribution in [1.82, 2.24) is 0 Å². The largest absolute Gasteiger partial charge is 0.497 e. The minimum absolute atomic E-state index is 0.602. The van der Waals surface area contributed by atoms with Crippen LogP contribution >= 0.6 is 0 Å². The van der Waals surface area contributed by atoms with E-state index < -0.39 is 11.2 Å². The molecule has 1 rings (SSSR count). The number of nitrogen functional groups attached to an aromatic ring is 1. The quantitative estimate of drug-likeness (QED) is 0.606. The van der Waals surface area contributed by atoms with Crippen molar-refractivity contribution in [3.63, 3.8) is 0 Å². The average molecular weight is 250 g/mol. The number of benzene rings is 1. The molecule has 0 unspecified atom stereocenters. The van der Waals surface area contributed by atoms with Crippen molar-refractivity contribution in [2.45, 2.75) is 38.9 Å². The molecule has 1 radical (unpaired) electrons. The molecule has 0 saturated carbocycles. The van der Waals surface area contributed by atoms with Gasteiger partial charge >= 0.3 is 7.48 Å². The summed E-state index contributed by atoms with van der Waals surface area (Å²) in [6.45, 7) is 7.07. The highest BCUT2D eigenvalue weighted by atomic mass is 16.5. The van der Waals surface area contributed by atoms with Crippen LogP contribution in [0, 0.1) is 0 Å². The first-order chi connectivity index (χ1) is 8.15. The molecule has 1 aromatic carbocycles. The van der Waals surface area contributed by atoms with Crippen molar-refractivity contribution >= 4 is 18.6 Å². The zero-order valence-corrected chi connectivity index (χ0v) is 11.7. The molecular weight excluding hydrogens is 229 g/mol. The minimum Gasteiger partial charge on any atom is -0.497 e. The molecule has 0 bridgehead atoms. The molecule has 0 saturated heterocycles. The van der Waals surface area contributed by atoms with Crippen molar-refractivity contribution in [1.29, 1.82) is 0 Å². The first kappa shape index (κ1) is 14.9. The highest BCUT2D eigenvalue weighted by Gasteiger charge is 2.35. The van der Waals surface area contributed by atoms with Crippen LogP contribution in [0.5, 0.6) is 5.75 Å². The molecule has 5 heteroatoms. The Morgan fingerprint density at radius 3 is 2.28 bits per heavy atom. The van der Waals surface area contributed by atoms with Gasteiger partial charge < -0.3 is 20.2 Å². The van der Waals surface area contributed by atoms with E-state index in [1.807, 2.05) is 19.9 Å². The Morgan fingerprint density at radius 2 is 1.78 bits per heavy atom. The van der Waals surface area contributed by atoms with Crippen LogP contribution in [0.4, 0.5) is 5.69 Å². The Bertz CT molecular complexity index is 413. The van der Waals surface area contributed by atoms with E-state index in [2.05, 4.69) is 0 Å². The van der Waals surface area contributed by atoms with Crippen LogP contribution in [0.2, 0.25) is 0 Å². The minimum atomic E-state index is -0.950. The second kappa shape index (κ2) is 5.20. The van der Waals surface area contributed by atoms with Gasteiger partial charge in [-0.15, -0.1) is 0 Å². The SMILES string of the molecule is COc1cc(N)cc([B]OC(C)(C)C(C)(C)O)c1. The summed E-state index contributed by atoms with van der Waals surface area (Å²) in [6, 6.07) is 5.33. The second-order valence-electron chi connectivity index (χ2n) is 5.34. The van der Waals surface area contributed by atoms with Gasteiger partial charge in [-0.25, -0.2) is 0 Å². The summed E-state index contributed by atoms with van der Waals surface area (Å²) in [5.74, 6) is 0.672. The summed E-state index contributed by atoms with van der Waals surface area (Å²) in [5.41, 5.74) is 5.50. The lowest BCUT2D eigenvalue weighted by atomic mass is 9.82. The third-order valence-electron chi connectivity index (χ3n) is 3.15. The van der Waals surface area contributed by atoms with Gasteiger partial charge in [0.05, 0.1) is 18.3 Å². The third-order valence-corrected chi connectivity index (χ3v) is 3.15. The van der Waals surface area contributed by atoms with E-state index in [0.717, 1.165) is 5.46 Å². The van der Waals surface area contributed by atoms with E-state index in [0.29, 0.717) is 11.4 Å². The van der Waals surface area contributed by atoms with Crippen molar-refractivity contribution in [3.05, 3.63) is 18.2 Å². The van der Waals surface area contributed by atoms with Crippen LogP contribution in [0.25, 0.3) is 0 Å². The predicted molar refractivity (Wildman–Crippen MR) is 74.3 cm³/mol.